The molecule has 2 rings (SSSR count). The number of hydrogen-bond acceptors (Lipinski definition) is 2. The largest absolute Gasteiger partial charge is 0.392 e. The Morgan fingerprint density at radius 1 is 1.24 bits per heavy atom. The van der Waals surface area contributed by atoms with Gasteiger partial charge in [0.2, 0.25) is 0 Å². The molecular weight excluding hydrogens is 264 g/mol. The molecule has 0 bridgehead atoms. The van der Waals surface area contributed by atoms with Gasteiger partial charge in [-0.3, -0.25) is 4.98 Å². The lowest BCUT2D eigenvalue weighted by molar-refractivity contribution is 0.275. The average molecular weight is 272 g/mol. The van der Waals surface area contributed by atoms with Crippen molar-refractivity contribution in [2.75, 3.05) is 0 Å². The molecule has 0 unspecified atom stereocenters. The molecule has 17 heavy (non-hydrogen) atoms. The van der Waals surface area contributed by atoms with Gasteiger partial charge in [0.1, 0.15) is 5.69 Å². The van der Waals surface area contributed by atoms with Gasteiger partial charge in [-0.1, -0.05) is 35.3 Å². The third-order valence-corrected chi connectivity index (χ3v) is 3.17. The molecule has 0 amide bonds. The lowest BCUT2D eigenvalue weighted by Crippen LogP contribution is -1.96. The third-order valence-electron chi connectivity index (χ3n) is 2.35. The maximum absolute atomic E-state index is 13.9. The summed E-state index contributed by atoms with van der Waals surface area (Å²) in [6.07, 6.45) is 1.42. The quantitative estimate of drug-likeness (QED) is 0.904. The normalized spacial score (nSPS) is 10.6. The molecule has 0 atom stereocenters. The number of hydrogen-bond donors (Lipinski definition) is 1. The Labute approximate surface area is 108 Å². The van der Waals surface area contributed by atoms with E-state index >= 15 is 0 Å². The highest BCUT2D eigenvalue weighted by Gasteiger charge is 2.14. The summed E-state index contributed by atoms with van der Waals surface area (Å²) in [7, 11) is 0. The topological polar surface area (TPSA) is 33.1 Å². The van der Waals surface area contributed by atoms with E-state index in [-0.39, 0.29) is 22.9 Å². The standard InChI is InChI=1S/C12H8Cl2FNO/c13-9-3-1-2-8(10(9)14)12-11(15)7(6-17)4-5-16-12/h1-5,17H,6H2. The van der Waals surface area contributed by atoms with E-state index in [0.717, 1.165) is 0 Å². The highest BCUT2D eigenvalue weighted by atomic mass is 35.5. The van der Waals surface area contributed by atoms with E-state index in [9.17, 15) is 4.39 Å². The molecule has 0 saturated carbocycles. The van der Waals surface area contributed by atoms with Gasteiger partial charge in [-0.05, 0) is 12.1 Å². The third kappa shape index (κ3) is 2.27. The minimum atomic E-state index is -0.584. The zero-order chi connectivity index (χ0) is 12.4. The van der Waals surface area contributed by atoms with E-state index < -0.39 is 5.82 Å². The number of aliphatic hydroxyl groups excluding tert-OH is 1. The lowest BCUT2D eigenvalue weighted by Gasteiger charge is -2.08. The Kier molecular flexibility index (Phi) is 3.62. The van der Waals surface area contributed by atoms with Crippen LogP contribution in [0.1, 0.15) is 5.56 Å². The van der Waals surface area contributed by atoms with Crippen molar-refractivity contribution in [2.24, 2.45) is 0 Å². The van der Waals surface area contributed by atoms with Crippen LogP contribution in [0.4, 0.5) is 4.39 Å². The van der Waals surface area contributed by atoms with Gasteiger partial charge in [0.05, 0.1) is 16.7 Å². The number of pyridine rings is 1. The number of benzene rings is 1. The summed E-state index contributed by atoms with van der Waals surface area (Å²) in [6, 6.07) is 6.32. The van der Waals surface area contributed by atoms with Crippen LogP contribution >= 0.6 is 23.2 Å². The van der Waals surface area contributed by atoms with Gasteiger partial charge in [-0.2, -0.15) is 0 Å². The smallest absolute Gasteiger partial charge is 0.155 e. The Morgan fingerprint density at radius 2 is 2.00 bits per heavy atom. The van der Waals surface area contributed by atoms with Crippen molar-refractivity contribution in [3.05, 3.63) is 51.9 Å². The molecule has 0 saturated heterocycles. The second-order valence-electron chi connectivity index (χ2n) is 3.39. The molecule has 1 heterocycles. The van der Waals surface area contributed by atoms with Crippen LogP contribution in [0.15, 0.2) is 30.5 Å². The molecule has 5 heteroatoms. The Bertz CT molecular complexity index is 560. The molecule has 1 N–H and O–H groups in total. The van der Waals surface area contributed by atoms with Crippen molar-refractivity contribution in [3.8, 4) is 11.3 Å². The first-order valence-electron chi connectivity index (χ1n) is 4.83. The molecule has 88 valence electrons. The highest BCUT2D eigenvalue weighted by Crippen LogP contribution is 2.34. The second kappa shape index (κ2) is 5.00. The van der Waals surface area contributed by atoms with Crippen molar-refractivity contribution in [1.29, 1.82) is 0 Å². The molecule has 0 aliphatic carbocycles. The van der Waals surface area contributed by atoms with Crippen LogP contribution in [0.5, 0.6) is 0 Å². The van der Waals surface area contributed by atoms with Crippen LogP contribution in [0.25, 0.3) is 11.3 Å². The molecule has 2 nitrogen and oxygen atoms in total. The first-order valence-corrected chi connectivity index (χ1v) is 5.59. The van der Waals surface area contributed by atoms with Crippen LogP contribution in [-0.4, -0.2) is 10.1 Å². The Hall–Kier alpha value is -1.16. The summed E-state index contributed by atoms with van der Waals surface area (Å²) in [4.78, 5) is 3.93. The maximum Gasteiger partial charge on any atom is 0.155 e. The molecule has 2 aromatic rings. The van der Waals surface area contributed by atoms with Gasteiger partial charge in [-0.15, -0.1) is 0 Å². The van der Waals surface area contributed by atoms with Crippen LogP contribution in [0.2, 0.25) is 10.0 Å². The van der Waals surface area contributed by atoms with Crippen molar-refractivity contribution in [2.45, 2.75) is 6.61 Å². The molecular formula is C12H8Cl2FNO. The number of aromatic nitrogens is 1. The zero-order valence-electron chi connectivity index (χ0n) is 8.62. The highest BCUT2D eigenvalue weighted by molar-refractivity contribution is 6.43. The van der Waals surface area contributed by atoms with Crippen molar-refractivity contribution in [1.82, 2.24) is 4.98 Å². The van der Waals surface area contributed by atoms with E-state index in [1.165, 1.54) is 12.3 Å². The summed E-state index contributed by atoms with van der Waals surface area (Å²) in [6.45, 7) is -0.389. The van der Waals surface area contributed by atoms with Crippen LogP contribution in [-0.2, 0) is 6.61 Å². The first-order chi connectivity index (χ1) is 8.15. The fourth-order valence-corrected chi connectivity index (χ4v) is 1.87. The van der Waals surface area contributed by atoms with E-state index in [1.807, 2.05) is 0 Å². The SMILES string of the molecule is OCc1ccnc(-c2cccc(Cl)c2Cl)c1F. The van der Waals surface area contributed by atoms with Gasteiger partial charge in [0.15, 0.2) is 5.82 Å². The molecule has 0 aliphatic heterocycles. The summed E-state index contributed by atoms with van der Waals surface area (Å²) in [5, 5.41) is 9.57. The number of nitrogens with zero attached hydrogens (tertiary/aromatic N) is 1. The maximum atomic E-state index is 13.9. The van der Waals surface area contributed by atoms with Crippen LogP contribution in [0, 0.1) is 5.82 Å². The van der Waals surface area contributed by atoms with Crippen LogP contribution < -0.4 is 0 Å². The van der Waals surface area contributed by atoms with Crippen molar-refractivity contribution < 1.29 is 9.50 Å². The summed E-state index contributed by atoms with van der Waals surface area (Å²) < 4.78 is 13.9. The Balaban J connectivity index is 2.65. The monoisotopic (exact) mass is 271 g/mol. The molecule has 1 aromatic heterocycles. The fourth-order valence-electron chi connectivity index (χ4n) is 1.48. The first kappa shape index (κ1) is 12.3. The van der Waals surface area contributed by atoms with Gasteiger partial charge >= 0.3 is 0 Å². The summed E-state index contributed by atoms with van der Waals surface area (Å²) >= 11 is 11.9. The predicted octanol–water partition coefficient (Wildman–Crippen LogP) is 3.69. The number of aliphatic hydroxyl groups is 1. The molecule has 0 spiro atoms. The average Bonchev–Trinajstić information content (AvgIpc) is 2.33. The second-order valence-corrected chi connectivity index (χ2v) is 4.18. The van der Waals surface area contributed by atoms with E-state index in [0.29, 0.717) is 10.6 Å². The lowest BCUT2D eigenvalue weighted by atomic mass is 10.1. The van der Waals surface area contributed by atoms with E-state index in [2.05, 4.69) is 4.98 Å². The fraction of sp³-hybridized carbons (Fsp3) is 0.0833. The van der Waals surface area contributed by atoms with Gasteiger partial charge in [0, 0.05) is 17.3 Å². The number of halogens is 3. The van der Waals surface area contributed by atoms with Crippen molar-refractivity contribution in [3.63, 3.8) is 0 Å². The van der Waals surface area contributed by atoms with Gasteiger partial charge < -0.3 is 5.11 Å². The summed E-state index contributed by atoms with van der Waals surface area (Å²) in [5.41, 5.74) is 0.669. The molecule has 0 radical (unpaired) electrons. The Morgan fingerprint density at radius 3 is 2.71 bits per heavy atom. The van der Waals surface area contributed by atoms with Gasteiger partial charge in [-0.25, -0.2) is 4.39 Å². The predicted molar refractivity (Wildman–Crippen MR) is 65.6 cm³/mol. The molecule has 0 fully saturated rings. The van der Waals surface area contributed by atoms with Crippen molar-refractivity contribution >= 4 is 23.2 Å². The zero-order valence-corrected chi connectivity index (χ0v) is 10.1. The number of rotatable bonds is 2. The van der Waals surface area contributed by atoms with E-state index in [4.69, 9.17) is 28.3 Å². The molecule has 1 aromatic carbocycles. The van der Waals surface area contributed by atoms with Gasteiger partial charge in [0.25, 0.3) is 0 Å². The van der Waals surface area contributed by atoms with Crippen LogP contribution in [0.3, 0.4) is 0 Å². The molecule has 0 aliphatic rings. The minimum Gasteiger partial charge on any atom is -0.392 e. The van der Waals surface area contributed by atoms with E-state index in [1.54, 1.807) is 18.2 Å². The summed E-state index contributed by atoms with van der Waals surface area (Å²) in [5.74, 6) is -0.584. The minimum absolute atomic E-state index is 0.0871.